The Labute approximate surface area is 199 Å². The smallest absolute Gasteiger partial charge is 0.253 e. The molecule has 0 spiro atoms. The predicted octanol–water partition coefficient (Wildman–Crippen LogP) is 3.03. The first-order valence-electron chi connectivity index (χ1n) is 10.6. The molecule has 2 N–H and O–H groups in total. The fourth-order valence-corrected chi connectivity index (χ4v) is 5.72. The molecular weight excluding hydrogens is 485 g/mol. The molecule has 1 aromatic carbocycles. The summed E-state index contributed by atoms with van der Waals surface area (Å²) in [5, 5.41) is 3.10. The van der Waals surface area contributed by atoms with Crippen molar-refractivity contribution in [3.63, 3.8) is 0 Å². The highest BCUT2D eigenvalue weighted by Gasteiger charge is 2.44. The topological polar surface area (TPSA) is 115 Å². The first kappa shape index (κ1) is 24.7. The van der Waals surface area contributed by atoms with Crippen molar-refractivity contribution in [1.82, 2.24) is 9.61 Å². The summed E-state index contributed by atoms with van der Waals surface area (Å²) in [6.07, 6.45) is 0.727. The van der Waals surface area contributed by atoms with Crippen LogP contribution in [0.2, 0.25) is 0 Å². The Morgan fingerprint density at radius 3 is 2.51 bits per heavy atom. The second-order valence-corrected chi connectivity index (χ2v) is 11.9. The number of rotatable bonds is 5. The Bertz CT molecular complexity index is 1460. The molecule has 185 valence electrons. The molecule has 8 nitrogen and oxygen atoms in total. The zero-order valence-electron chi connectivity index (χ0n) is 19.0. The van der Waals surface area contributed by atoms with Crippen LogP contribution < -0.4 is 10.6 Å². The van der Waals surface area contributed by atoms with Crippen LogP contribution in [0.3, 0.4) is 0 Å². The minimum absolute atomic E-state index is 0.181. The molecule has 2 atom stereocenters. The highest BCUT2D eigenvalue weighted by atomic mass is 32.2. The molecule has 1 amide bonds. The molecule has 1 saturated heterocycles. The predicted molar refractivity (Wildman–Crippen MR) is 121 cm³/mol. The Morgan fingerprint density at radius 1 is 1.26 bits per heavy atom. The zero-order chi connectivity index (χ0) is 25.9. The number of benzene rings is 1. The molecule has 2 aromatic heterocycles. The van der Waals surface area contributed by atoms with Gasteiger partial charge in [-0.25, -0.2) is 26.1 Å². The number of amides is 1. The number of nitrogens with two attached hydrogens (primary N) is 1. The largest absolute Gasteiger partial charge is 0.365 e. The van der Waals surface area contributed by atoms with Crippen molar-refractivity contribution in [2.75, 3.05) is 11.4 Å². The van der Waals surface area contributed by atoms with Gasteiger partial charge in [-0.2, -0.15) is 5.10 Å². The lowest BCUT2D eigenvalue weighted by molar-refractivity contribution is 0.0996. The third-order valence-electron chi connectivity index (χ3n) is 6.02. The summed E-state index contributed by atoms with van der Waals surface area (Å²) in [5.41, 5.74) is 3.60. The standard InChI is InChI=1S/C23H22F3N4O4S/c1-23(2,3)35(33,34)22-17(21(27)32)20(18(26)19-13(11-31)9-28-30(19)22)29-10-15(25)8-16(29)12-5-4-6-14(24)7-12/h4-7,9,15-16H,8,10H2,1-3H3,(H2,27,32)/t15-,16+/m0/s1. The van der Waals surface area contributed by atoms with Gasteiger partial charge in [-0.05, 0) is 38.5 Å². The van der Waals surface area contributed by atoms with Crippen LogP contribution in [-0.4, -0.2) is 47.7 Å². The molecule has 35 heavy (non-hydrogen) atoms. The summed E-state index contributed by atoms with van der Waals surface area (Å²) in [4.78, 5) is 25.4. The summed E-state index contributed by atoms with van der Waals surface area (Å²) in [5.74, 6) is -3.10. The van der Waals surface area contributed by atoms with Gasteiger partial charge in [0.25, 0.3) is 5.91 Å². The van der Waals surface area contributed by atoms with Gasteiger partial charge in [-0.3, -0.25) is 9.59 Å². The highest BCUT2D eigenvalue weighted by Crippen LogP contribution is 2.44. The average Bonchev–Trinajstić information content (AvgIpc) is 3.36. The maximum atomic E-state index is 16.1. The van der Waals surface area contributed by atoms with E-state index in [4.69, 9.17) is 5.73 Å². The van der Waals surface area contributed by atoms with Crippen molar-refractivity contribution in [1.29, 1.82) is 0 Å². The second-order valence-electron chi connectivity index (χ2n) is 9.30. The van der Waals surface area contributed by atoms with E-state index >= 15 is 4.39 Å². The lowest BCUT2D eigenvalue weighted by atomic mass is 10.0. The second kappa shape index (κ2) is 8.36. The summed E-state index contributed by atoms with van der Waals surface area (Å²) in [7, 11) is -4.42. The minimum atomic E-state index is -4.42. The molecule has 4 rings (SSSR count). The molecular formula is C23H22F3N4O4S. The van der Waals surface area contributed by atoms with E-state index in [0.29, 0.717) is 4.52 Å². The Kier molecular flexibility index (Phi) is 5.90. The van der Waals surface area contributed by atoms with Crippen molar-refractivity contribution in [2.45, 2.75) is 49.2 Å². The van der Waals surface area contributed by atoms with Crippen LogP contribution in [0.4, 0.5) is 18.9 Å². The molecule has 0 unspecified atom stereocenters. The average molecular weight is 508 g/mol. The van der Waals surface area contributed by atoms with Crippen molar-refractivity contribution >= 4 is 33.2 Å². The van der Waals surface area contributed by atoms with Gasteiger partial charge >= 0.3 is 0 Å². The van der Waals surface area contributed by atoms with E-state index in [0.717, 1.165) is 17.2 Å². The lowest BCUT2D eigenvalue weighted by Crippen LogP contribution is -2.35. The number of carbonyl (C=O) groups excluding carboxylic acids is 2. The van der Waals surface area contributed by atoms with E-state index in [-0.39, 0.29) is 12.0 Å². The van der Waals surface area contributed by atoms with Crippen LogP contribution in [0, 0.1) is 11.6 Å². The highest BCUT2D eigenvalue weighted by molar-refractivity contribution is 7.92. The van der Waals surface area contributed by atoms with E-state index < -0.39 is 78.2 Å². The molecule has 1 aliphatic rings. The van der Waals surface area contributed by atoms with E-state index in [1.54, 1.807) is 0 Å². The summed E-state index contributed by atoms with van der Waals surface area (Å²) in [6.45, 7) is 3.65. The van der Waals surface area contributed by atoms with Crippen molar-refractivity contribution in [2.24, 2.45) is 5.73 Å². The van der Waals surface area contributed by atoms with E-state index in [9.17, 15) is 26.8 Å². The van der Waals surface area contributed by atoms with Crippen LogP contribution in [-0.2, 0) is 14.6 Å². The SMILES string of the molecule is CC(C)(C)S(=O)(=O)c1c(C(N)=O)c(N2C[C@@H](F)C[C@@H]2c2cccc(F)c2)c(F)c2c([C]=O)cnn12. The Hall–Kier alpha value is -3.41. The number of alkyl halides is 1. The Balaban J connectivity index is 2.15. The number of fused-ring (bicyclic) bond motifs is 1. The van der Waals surface area contributed by atoms with Crippen LogP contribution in [0.5, 0.6) is 0 Å². The van der Waals surface area contributed by atoms with Crippen molar-refractivity contribution < 1.29 is 31.2 Å². The third kappa shape index (κ3) is 3.85. The van der Waals surface area contributed by atoms with Crippen molar-refractivity contribution in [3.8, 4) is 0 Å². The monoisotopic (exact) mass is 507 g/mol. The fourth-order valence-electron chi connectivity index (χ4n) is 4.31. The van der Waals surface area contributed by atoms with E-state index in [1.165, 1.54) is 45.3 Å². The van der Waals surface area contributed by atoms with Gasteiger partial charge in [0.05, 0.1) is 34.8 Å². The van der Waals surface area contributed by atoms with E-state index in [2.05, 4.69) is 5.10 Å². The quantitative estimate of drug-likeness (QED) is 0.568. The number of carbonyl (C=O) groups is 1. The van der Waals surface area contributed by atoms with Crippen LogP contribution >= 0.6 is 0 Å². The molecule has 12 heteroatoms. The Morgan fingerprint density at radius 2 is 1.94 bits per heavy atom. The summed E-state index contributed by atoms with van der Waals surface area (Å²) in [6, 6.07) is 4.29. The molecule has 0 bridgehead atoms. The van der Waals surface area contributed by atoms with Gasteiger partial charge in [0, 0.05) is 6.42 Å². The molecule has 3 heterocycles. The number of primary amides is 1. The van der Waals surface area contributed by atoms with Crippen molar-refractivity contribution in [3.05, 3.63) is 58.8 Å². The third-order valence-corrected chi connectivity index (χ3v) is 8.51. The van der Waals surface area contributed by atoms with Crippen LogP contribution in [0.15, 0.2) is 35.5 Å². The number of pyridine rings is 1. The molecule has 1 fully saturated rings. The molecule has 0 aliphatic carbocycles. The lowest BCUT2D eigenvalue weighted by Gasteiger charge is -2.31. The first-order chi connectivity index (χ1) is 16.3. The van der Waals surface area contributed by atoms with E-state index in [1.807, 2.05) is 0 Å². The van der Waals surface area contributed by atoms with Gasteiger partial charge in [0.1, 0.15) is 23.1 Å². The number of hydrogen-bond acceptors (Lipinski definition) is 6. The van der Waals surface area contributed by atoms with Crippen LogP contribution in [0.1, 0.15) is 54.7 Å². The number of halogens is 3. The normalized spacial score (nSPS) is 18.9. The zero-order valence-corrected chi connectivity index (χ0v) is 19.9. The molecule has 1 radical (unpaired) electrons. The number of anilines is 1. The number of nitrogens with zero attached hydrogens (tertiary/aromatic N) is 3. The molecule has 0 saturated carbocycles. The number of hydrogen-bond donors (Lipinski definition) is 1. The summed E-state index contributed by atoms with van der Waals surface area (Å²) >= 11 is 0. The van der Waals surface area contributed by atoms with Crippen LogP contribution in [0.25, 0.3) is 5.52 Å². The maximum absolute atomic E-state index is 16.1. The van der Waals surface area contributed by atoms with Gasteiger partial charge in [0.2, 0.25) is 16.1 Å². The summed E-state index contributed by atoms with van der Waals surface area (Å²) < 4.78 is 71.1. The van der Waals surface area contributed by atoms with Gasteiger partial charge in [0.15, 0.2) is 10.8 Å². The minimum Gasteiger partial charge on any atom is -0.365 e. The fraction of sp³-hybridized carbons (Fsp3) is 0.348. The van der Waals surface area contributed by atoms with Gasteiger partial charge in [-0.1, -0.05) is 12.1 Å². The molecule has 3 aromatic rings. The molecule has 1 aliphatic heterocycles. The number of aromatic nitrogens is 2. The number of sulfone groups is 1. The van der Waals surface area contributed by atoms with Gasteiger partial charge in [-0.15, -0.1) is 0 Å². The first-order valence-corrected chi connectivity index (χ1v) is 12.1. The maximum Gasteiger partial charge on any atom is 0.253 e. The van der Waals surface area contributed by atoms with Gasteiger partial charge < -0.3 is 10.6 Å².